The number of nitrogens with one attached hydrogen (secondary N) is 1. The van der Waals surface area contributed by atoms with E-state index in [1.54, 1.807) is 11.5 Å². The van der Waals surface area contributed by atoms with Gasteiger partial charge < -0.3 is 14.6 Å². The number of carbonyl (C=O) groups is 1. The van der Waals surface area contributed by atoms with Gasteiger partial charge in [0.25, 0.3) is 5.22 Å². The van der Waals surface area contributed by atoms with Crippen LogP contribution >= 0.6 is 11.8 Å². The molecule has 0 radical (unpaired) electrons. The van der Waals surface area contributed by atoms with Gasteiger partial charge in [-0.3, -0.25) is 4.79 Å². The highest BCUT2D eigenvalue weighted by Gasteiger charge is 2.34. The lowest BCUT2D eigenvalue weighted by Crippen LogP contribution is -2.57. The van der Waals surface area contributed by atoms with Crippen LogP contribution in [0, 0.1) is 5.92 Å². The zero-order valence-electron chi connectivity index (χ0n) is 12.8. The fourth-order valence-corrected chi connectivity index (χ4v) is 4.01. The van der Waals surface area contributed by atoms with E-state index < -0.39 is 0 Å². The number of rotatable bonds is 4. The summed E-state index contributed by atoms with van der Waals surface area (Å²) < 4.78 is 5.60. The van der Waals surface area contributed by atoms with Crippen LogP contribution in [0.3, 0.4) is 0 Å². The molecule has 1 N–H and O–H groups in total. The number of benzene rings is 1. The molecular weight excluding hydrogens is 310 g/mol. The minimum Gasteiger partial charge on any atom is -0.431 e. The highest BCUT2D eigenvalue weighted by Crippen LogP contribution is 2.27. The van der Waals surface area contributed by atoms with Gasteiger partial charge in [-0.1, -0.05) is 12.1 Å². The summed E-state index contributed by atoms with van der Waals surface area (Å²) in [6, 6.07) is 7.93. The first-order valence-electron chi connectivity index (χ1n) is 7.99. The zero-order valence-corrected chi connectivity index (χ0v) is 13.6. The number of oxazole rings is 1. The molecule has 3 fully saturated rings. The maximum atomic E-state index is 12.1. The molecule has 1 aromatic carbocycles. The number of amides is 1. The van der Waals surface area contributed by atoms with Crippen LogP contribution in [0.15, 0.2) is 45.4 Å². The summed E-state index contributed by atoms with van der Waals surface area (Å²) >= 11 is 1.32. The largest absolute Gasteiger partial charge is 0.431 e. The number of fused-ring (bicyclic) bond motifs is 4. The highest BCUT2D eigenvalue weighted by molar-refractivity contribution is 8.01. The summed E-state index contributed by atoms with van der Waals surface area (Å²) in [4.78, 5) is 18.9. The Labute approximate surface area is 139 Å². The van der Waals surface area contributed by atoms with Gasteiger partial charge >= 0.3 is 0 Å². The van der Waals surface area contributed by atoms with E-state index in [0.717, 1.165) is 17.6 Å². The summed E-state index contributed by atoms with van der Waals surface area (Å²) in [6.07, 6.45) is 3.97. The smallest absolute Gasteiger partial charge is 0.261 e. The van der Waals surface area contributed by atoms with Crippen LogP contribution in [0.2, 0.25) is 0 Å². The molecule has 23 heavy (non-hydrogen) atoms. The van der Waals surface area contributed by atoms with Crippen LogP contribution in [0.4, 0.5) is 0 Å². The third-order valence-corrected chi connectivity index (χ3v) is 5.29. The van der Waals surface area contributed by atoms with Crippen LogP contribution in [-0.2, 0) is 4.79 Å². The molecule has 1 aromatic heterocycles. The second kappa shape index (κ2) is 6.37. The topological polar surface area (TPSA) is 58.4 Å². The van der Waals surface area contributed by atoms with Crippen molar-refractivity contribution in [1.29, 1.82) is 0 Å². The van der Waals surface area contributed by atoms with Crippen molar-refractivity contribution in [3.05, 3.63) is 35.7 Å². The quantitative estimate of drug-likeness (QED) is 0.690. The van der Waals surface area contributed by atoms with Gasteiger partial charge in [0, 0.05) is 18.7 Å². The van der Waals surface area contributed by atoms with E-state index in [9.17, 15) is 4.79 Å². The maximum Gasteiger partial charge on any atom is 0.261 e. The van der Waals surface area contributed by atoms with Gasteiger partial charge in [-0.25, -0.2) is 4.98 Å². The molecule has 4 heterocycles. The minimum absolute atomic E-state index is 0.0349. The number of aromatic nitrogens is 1. The van der Waals surface area contributed by atoms with Crippen molar-refractivity contribution >= 4 is 28.8 Å². The Morgan fingerprint density at radius 2 is 2.17 bits per heavy atom. The Bertz CT molecular complexity index is 701. The number of hydrogen-bond donors (Lipinski definition) is 1. The van der Waals surface area contributed by atoms with Crippen molar-refractivity contribution in [3.8, 4) is 0 Å². The lowest BCUT2D eigenvalue weighted by Gasteiger charge is -2.44. The lowest BCUT2D eigenvalue weighted by atomic mass is 9.84. The van der Waals surface area contributed by atoms with Crippen molar-refractivity contribution in [1.82, 2.24) is 15.2 Å². The number of thioether (sulfide) groups is 1. The molecule has 5 nitrogen and oxygen atoms in total. The third kappa shape index (κ3) is 3.28. The SMILES string of the molecule is O=C(C=CSc1nc2ccccc2o1)NC1CN2CCC1CC2. The first kappa shape index (κ1) is 14.8. The zero-order chi connectivity index (χ0) is 15.6. The van der Waals surface area contributed by atoms with Crippen LogP contribution in [0.25, 0.3) is 11.1 Å². The second-order valence-electron chi connectivity index (χ2n) is 6.12. The van der Waals surface area contributed by atoms with Gasteiger partial charge in [-0.05, 0) is 61.2 Å². The van der Waals surface area contributed by atoms with Crippen molar-refractivity contribution in [3.63, 3.8) is 0 Å². The summed E-state index contributed by atoms with van der Waals surface area (Å²) in [5.41, 5.74) is 1.60. The summed E-state index contributed by atoms with van der Waals surface area (Å²) in [7, 11) is 0. The molecule has 3 aliphatic rings. The van der Waals surface area contributed by atoms with Gasteiger partial charge in [0.2, 0.25) is 5.91 Å². The molecule has 2 bridgehead atoms. The highest BCUT2D eigenvalue weighted by atomic mass is 32.2. The molecular formula is C17H19N3O2S. The predicted octanol–water partition coefficient (Wildman–Crippen LogP) is 2.64. The number of para-hydroxylation sites is 2. The second-order valence-corrected chi connectivity index (χ2v) is 6.98. The normalized spacial score (nSPS) is 26.9. The van der Waals surface area contributed by atoms with Crippen LogP contribution in [0.5, 0.6) is 0 Å². The van der Waals surface area contributed by atoms with Crippen molar-refractivity contribution < 1.29 is 9.21 Å². The van der Waals surface area contributed by atoms with E-state index >= 15 is 0 Å². The molecule has 3 saturated heterocycles. The molecule has 5 rings (SSSR count). The van der Waals surface area contributed by atoms with E-state index in [4.69, 9.17) is 4.42 Å². The molecule has 1 amide bonds. The molecule has 0 aliphatic carbocycles. The summed E-state index contributed by atoms with van der Waals surface area (Å²) in [6.45, 7) is 3.35. The van der Waals surface area contributed by atoms with E-state index in [1.165, 1.54) is 37.7 Å². The number of nitrogens with zero attached hydrogens (tertiary/aromatic N) is 2. The first-order valence-corrected chi connectivity index (χ1v) is 8.87. The van der Waals surface area contributed by atoms with E-state index in [-0.39, 0.29) is 5.91 Å². The average Bonchev–Trinajstić information content (AvgIpc) is 2.98. The Morgan fingerprint density at radius 1 is 1.35 bits per heavy atom. The molecule has 1 atom stereocenters. The standard InChI is InChI=1S/C17H19N3O2S/c21-16(18-14-11-20-8-5-12(14)6-9-20)7-10-23-17-19-13-3-1-2-4-15(13)22-17/h1-4,7,10,12,14H,5-6,8-9,11H2,(H,18,21). The minimum atomic E-state index is -0.0349. The van der Waals surface area contributed by atoms with Gasteiger partial charge in [-0.15, -0.1) is 0 Å². The van der Waals surface area contributed by atoms with Crippen molar-refractivity contribution in [2.24, 2.45) is 5.92 Å². The molecule has 6 heteroatoms. The fraction of sp³-hybridized carbons (Fsp3) is 0.412. The maximum absolute atomic E-state index is 12.1. The lowest BCUT2D eigenvalue weighted by molar-refractivity contribution is -0.118. The summed E-state index contributed by atoms with van der Waals surface area (Å²) in [5, 5.41) is 5.42. The Kier molecular flexibility index (Phi) is 4.10. The molecule has 0 saturated carbocycles. The Balaban J connectivity index is 1.32. The predicted molar refractivity (Wildman–Crippen MR) is 90.1 cm³/mol. The summed E-state index contributed by atoms with van der Waals surface area (Å²) in [5.74, 6) is 0.606. The average molecular weight is 329 g/mol. The van der Waals surface area contributed by atoms with Gasteiger partial charge in [0.15, 0.2) is 5.58 Å². The van der Waals surface area contributed by atoms with Gasteiger partial charge in [-0.2, -0.15) is 0 Å². The van der Waals surface area contributed by atoms with Crippen LogP contribution in [0.1, 0.15) is 12.8 Å². The van der Waals surface area contributed by atoms with Crippen molar-refractivity contribution in [2.75, 3.05) is 19.6 Å². The van der Waals surface area contributed by atoms with E-state index in [1.807, 2.05) is 24.3 Å². The monoisotopic (exact) mass is 329 g/mol. The third-order valence-electron chi connectivity index (χ3n) is 4.65. The molecule has 0 spiro atoms. The van der Waals surface area contributed by atoms with E-state index in [2.05, 4.69) is 15.2 Å². The van der Waals surface area contributed by atoms with Crippen LogP contribution < -0.4 is 5.32 Å². The first-order chi connectivity index (χ1) is 11.3. The number of piperidine rings is 3. The van der Waals surface area contributed by atoms with Gasteiger partial charge in [0.1, 0.15) is 5.52 Å². The number of carbonyl (C=O) groups excluding carboxylic acids is 1. The molecule has 120 valence electrons. The molecule has 3 aliphatic heterocycles. The fourth-order valence-electron chi connectivity index (χ4n) is 3.41. The van der Waals surface area contributed by atoms with E-state index in [0.29, 0.717) is 17.2 Å². The van der Waals surface area contributed by atoms with Crippen LogP contribution in [-0.4, -0.2) is 41.5 Å². The molecule has 2 aromatic rings. The Hall–Kier alpha value is -1.79. The van der Waals surface area contributed by atoms with Crippen molar-refractivity contribution in [2.45, 2.75) is 24.1 Å². The number of hydrogen-bond acceptors (Lipinski definition) is 5. The molecule has 1 unspecified atom stereocenters. The Morgan fingerprint density at radius 3 is 2.91 bits per heavy atom. The van der Waals surface area contributed by atoms with Gasteiger partial charge in [0.05, 0.1) is 0 Å².